The Morgan fingerprint density at radius 2 is 1.22 bits per heavy atom. The van der Waals surface area contributed by atoms with E-state index in [4.69, 9.17) is 31.9 Å². The second kappa shape index (κ2) is 19.2. The average molecular weight is 920 g/mol. The number of methoxy groups -OCH3 is 1. The lowest BCUT2D eigenvalue weighted by Gasteiger charge is -2.53. The maximum atomic E-state index is 12.6. The summed E-state index contributed by atoms with van der Waals surface area (Å²) in [7, 11) is -7.17. The van der Waals surface area contributed by atoms with Crippen LogP contribution in [-0.2, 0) is 36.7 Å². The first-order chi connectivity index (χ1) is 26.6. The maximum Gasteiger partial charge on any atom is 0.192 e. The van der Waals surface area contributed by atoms with Crippen molar-refractivity contribution in [1.82, 2.24) is 0 Å². The van der Waals surface area contributed by atoms with Gasteiger partial charge in [0.2, 0.25) is 0 Å². The second-order valence-corrected chi connectivity index (χ2v) is 44.7. The molecule has 11 atom stereocenters. The topological polar surface area (TPSA) is 102 Å². The third-order valence-electron chi connectivity index (χ3n) is 16.7. The van der Waals surface area contributed by atoms with Crippen LogP contribution in [0.15, 0.2) is 0 Å². The molecule has 0 aliphatic carbocycles. The maximum absolute atomic E-state index is 12.6. The molecule has 2 fully saturated rings. The summed E-state index contributed by atoms with van der Waals surface area (Å²) in [4.78, 5) is 12.6. The molecule has 0 saturated carbocycles. The number of aliphatic hydroxyl groups excluding tert-OH is 1. The predicted molar refractivity (Wildman–Crippen MR) is 260 cm³/mol. The Bertz CT molecular complexity index is 1390. The number of rotatable bonds is 18. The molecule has 13 heteroatoms. The van der Waals surface area contributed by atoms with Gasteiger partial charge in [-0.3, -0.25) is 0 Å². The number of ether oxygens (including phenoxy) is 3. The first-order valence-electron chi connectivity index (χ1n) is 23.3. The highest BCUT2D eigenvalue weighted by molar-refractivity contribution is 6.75. The molecule has 2 aliphatic heterocycles. The molecule has 0 aromatic carbocycles. The highest BCUT2D eigenvalue weighted by atomic mass is 28.4. The lowest BCUT2D eigenvalue weighted by molar-refractivity contribution is -0.335. The van der Waals surface area contributed by atoms with Gasteiger partial charge in [0.05, 0.1) is 36.6 Å². The number of carbonyl (C=O) groups excluding carboxylic acids is 1. The van der Waals surface area contributed by atoms with Crippen molar-refractivity contribution < 1.29 is 41.8 Å². The van der Waals surface area contributed by atoms with E-state index in [0.29, 0.717) is 25.9 Å². The lowest BCUT2D eigenvalue weighted by atomic mass is 9.72. The minimum Gasteiger partial charge on any atom is -0.417 e. The van der Waals surface area contributed by atoms with Crippen molar-refractivity contribution in [2.75, 3.05) is 13.7 Å². The molecule has 2 saturated heterocycles. The fraction of sp³-hybridized carbons (Fsp3) is 0.979. The number of hydrogen-bond donors (Lipinski definition) is 1. The summed E-state index contributed by atoms with van der Waals surface area (Å²) < 4.78 is 49.6. The Labute approximate surface area is 374 Å². The van der Waals surface area contributed by atoms with Crippen LogP contribution in [0.1, 0.15) is 137 Å². The molecule has 0 unspecified atom stereocenters. The van der Waals surface area contributed by atoms with Gasteiger partial charge in [0.15, 0.2) is 39.1 Å². The van der Waals surface area contributed by atoms with Crippen LogP contribution in [0, 0.1) is 23.2 Å². The molecule has 1 spiro atoms. The van der Waals surface area contributed by atoms with Crippen molar-refractivity contribution >= 4 is 39.6 Å². The third kappa shape index (κ3) is 12.4. The van der Waals surface area contributed by atoms with E-state index in [1.54, 1.807) is 7.11 Å². The molecule has 60 heavy (non-hydrogen) atoms. The lowest BCUT2D eigenvalue weighted by Crippen LogP contribution is -2.60. The number of aliphatic hydroxyl groups is 1. The Balaban J connectivity index is 2.70. The predicted octanol–water partition coefficient (Wildman–Crippen LogP) is 12.4. The highest BCUT2D eigenvalue weighted by Gasteiger charge is 2.67. The summed E-state index contributed by atoms with van der Waals surface area (Å²) in [5, 5.41) is 12.6. The number of carbonyl (C=O) groups is 1. The van der Waals surface area contributed by atoms with Crippen LogP contribution in [0.2, 0.25) is 72.5 Å². The van der Waals surface area contributed by atoms with Crippen molar-refractivity contribution in [2.45, 2.75) is 258 Å². The molecule has 0 amide bonds. The van der Waals surface area contributed by atoms with Crippen molar-refractivity contribution in [3.05, 3.63) is 0 Å². The van der Waals surface area contributed by atoms with Gasteiger partial charge in [-0.05, 0) is 78.9 Å². The van der Waals surface area contributed by atoms with E-state index >= 15 is 0 Å². The first kappa shape index (κ1) is 56.3. The molecule has 2 heterocycles. The largest absolute Gasteiger partial charge is 0.417 e. The van der Waals surface area contributed by atoms with Gasteiger partial charge < -0.3 is 41.8 Å². The van der Waals surface area contributed by atoms with Crippen LogP contribution in [-0.4, -0.2) is 107 Å². The van der Waals surface area contributed by atoms with E-state index in [0.717, 1.165) is 6.29 Å². The van der Waals surface area contributed by atoms with Gasteiger partial charge in [-0.15, -0.1) is 0 Å². The van der Waals surface area contributed by atoms with Crippen molar-refractivity contribution in [1.29, 1.82) is 0 Å². The van der Waals surface area contributed by atoms with E-state index in [-0.39, 0.29) is 62.3 Å². The quantitative estimate of drug-likeness (QED) is 0.106. The van der Waals surface area contributed by atoms with Crippen LogP contribution in [0.4, 0.5) is 0 Å². The van der Waals surface area contributed by atoms with Crippen molar-refractivity contribution in [3.63, 3.8) is 0 Å². The molecular formula is C47H98O9Si4. The van der Waals surface area contributed by atoms with Gasteiger partial charge in [-0.2, -0.15) is 0 Å². The van der Waals surface area contributed by atoms with Gasteiger partial charge in [-0.25, -0.2) is 0 Å². The van der Waals surface area contributed by atoms with Gasteiger partial charge in [0.1, 0.15) is 12.4 Å². The molecule has 2 aliphatic rings. The summed E-state index contributed by atoms with van der Waals surface area (Å²) in [5.74, 6) is -1.56. The zero-order valence-electron chi connectivity index (χ0n) is 43.9. The van der Waals surface area contributed by atoms with Crippen LogP contribution < -0.4 is 0 Å². The van der Waals surface area contributed by atoms with E-state index in [9.17, 15) is 9.90 Å². The van der Waals surface area contributed by atoms with Gasteiger partial charge in [0, 0.05) is 49.7 Å². The molecule has 1 N–H and O–H groups in total. The second-order valence-electron chi connectivity index (χ2n) is 25.7. The molecule has 2 rings (SSSR count). The summed E-state index contributed by atoms with van der Waals surface area (Å²) in [6, 6.07) is 0. The summed E-state index contributed by atoms with van der Waals surface area (Å²) in [6.07, 6.45) is -0.550. The zero-order valence-corrected chi connectivity index (χ0v) is 47.9. The number of aldehydes is 1. The van der Waals surface area contributed by atoms with Crippen LogP contribution in [0.5, 0.6) is 0 Å². The summed E-state index contributed by atoms with van der Waals surface area (Å²) >= 11 is 0. The molecule has 0 radical (unpaired) electrons. The molecule has 356 valence electrons. The Kier molecular flexibility index (Phi) is 18.0. The highest BCUT2D eigenvalue weighted by Crippen LogP contribution is 2.56. The third-order valence-corrected chi connectivity index (χ3v) is 34.7. The van der Waals surface area contributed by atoms with Gasteiger partial charge in [-0.1, -0.05) is 118 Å². The molecule has 0 aromatic rings. The number of hydrogen-bond acceptors (Lipinski definition) is 9. The van der Waals surface area contributed by atoms with Gasteiger partial charge in [0.25, 0.3) is 0 Å². The standard InChI is InChI=1S/C47H98O9Si4/c1-32(31-48)39(56-60(25,26)45(13,14)15)34(3)36(54-58(21,22)43(7,8)9)29-37(50-18)40-41(49)46(16,17)47(53-40)30-38(55-59(23,24)44(10,11)12)33(2)35(52-47)27-28-51-57(19,20)42(4,5)6/h31-41,49H,27-30H2,1-26H3/t32-,33-,34+,35+,36+,37+,38-,39-,40-,41+,47-/m1/s1. The van der Waals surface area contributed by atoms with Crippen LogP contribution in [0.3, 0.4) is 0 Å². The van der Waals surface area contributed by atoms with Crippen LogP contribution >= 0.6 is 0 Å². The summed E-state index contributed by atoms with van der Waals surface area (Å²) in [6.45, 7) is 56.5. The normalized spacial score (nSPS) is 29.0. The Morgan fingerprint density at radius 3 is 1.65 bits per heavy atom. The van der Waals surface area contributed by atoms with Crippen LogP contribution in [0.25, 0.3) is 0 Å². The monoisotopic (exact) mass is 919 g/mol. The molecule has 0 aromatic heterocycles. The SMILES string of the molecule is CO[C@@H](C[C@H](O[Si](C)(C)C(C)(C)C)[C@H](C)[C@H](O[Si](C)(C)C(C)(C)C)[C@H](C)C=O)[C@H]1O[C@]2(C[C@@H](O[Si](C)(C)C(C)(C)C)[C@H](C)[C@H](CCO[Si](C)(C)C(C)(C)C)O2)C(C)(C)[C@H]1O. The Hall–Kier alpha value is 0.218. The van der Waals surface area contributed by atoms with Crippen molar-refractivity contribution in [2.24, 2.45) is 23.2 Å². The molecular weight excluding hydrogens is 821 g/mol. The average Bonchev–Trinajstić information content (AvgIpc) is 3.24. The summed E-state index contributed by atoms with van der Waals surface area (Å²) in [5.41, 5.74) is -0.816. The Morgan fingerprint density at radius 1 is 0.750 bits per heavy atom. The first-order valence-corrected chi connectivity index (χ1v) is 34.9. The smallest absolute Gasteiger partial charge is 0.192 e. The molecule has 9 nitrogen and oxygen atoms in total. The van der Waals surface area contributed by atoms with Gasteiger partial charge >= 0.3 is 0 Å². The van der Waals surface area contributed by atoms with E-state index in [2.05, 4.69) is 163 Å². The van der Waals surface area contributed by atoms with E-state index < -0.39 is 62.8 Å². The fourth-order valence-electron chi connectivity index (χ4n) is 7.62. The van der Waals surface area contributed by atoms with E-state index in [1.807, 2.05) is 6.92 Å². The fourth-order valence-corrected chi connectivity index (χ4v) is 13.0. The zero-order chi connectivity index (χ0) is 47.3. The minimum atomic E-state index is -2.36. The van der Waals surface area contributed by atoms with E-state index in [1.165, 1.54) is 0 Å². The molecule has 0 bridgehead atoms. The van der Waals surface area contributed by atoms with Crippen molar-refractivity contribution in [3.8, 4) is 0 Å². The minimum absolute atomic E-state index is 0.0116.